The smallest absolute Gasteiger partial charge is 0.0459 e. The van der Waals surface area contributed by atoms with E-state index < -0.39 is 0 Å². The molecule has 2 aromatic carbocycles. The second kappa shape index (κ2) is 3.80. The van der Waals surface area contributed by atoms with Crippen LogP contribution in [0.4, 0.5) is 5.69 Å². The fourth-order valence-corrected chi connectivity index (χ4v) is 2.33. The molecule has 0 aliphatic carbocycles. The van der Waals surface area contributed by atoms with E-state index in [4.69, 9.17) is 0 Å². The summed E-state index contributed by atoms with van der Waals surface area (Å²) in [4.78, 5) is 0. The maximum atomic E-state index is 3.52. The topological polar surface area (TPSA) is 12.0 Å². The maximum Gasteiger partial charge on any atom is 0.0459 e. The predicted octanol–water partition coefficient (Wildman–Crippen LogP) is 4.51. The van der Waals surface area contributed by atoms with E-state index in [0.717, 1.165) is 10.2 Å². The summed E-state index contributed by atoms with van der Waals surface area (Å²) < 4.78 is 1.11. The Morgan fingerprint density at radius 2 is 1.81 bits per heavy atom. The van der Waals surface area contributed by atoms with Gasteiger partial charge in [-0.15, -0.1) is 0 Å². The normalized spacial score (nSPS) is 12.3. The highest BCUT2D eigenvalue weighted by Crippen LogP contribution is 2.35. The molecule has 0 amide bonds. The zero-order valence-corrected chi connectivity index (χ0v) is 10.2. The minimum atomic E-state index is 1.11. The van der Waals surface area contributed by atoms with E-state index in [0.29, 0.717) is 0 Å². The van der Waals surface area contributed by atoms with Gasteiger partial charge in [-0.25, -0.2) is 0 Å². The minimum Gasteiger partial charge on any atom is -0.361 e. The van der Waals surface area contributed by atoms with Crippen LogP contribution in [0.3, 0.4) is 0 Å². The lowest BCUT2D eigenvalue weighted by molar-refractivity contribution is 1.56. The lowest BCUT2D eigenvalue weighted by Crippen LogP contribution is -1.88. The molecular weight excluding hydrogens is 262 g/mol. The van der Waals surface area contributed by atoms with Crippen LogP contribution < -0.4 is 5.32 Å². The zero-order valence-electron chi connectivity index (χ0n) is 8.57. The van der Waals surface area contributed by atoms with E-state index in [1.807, 2.05) is 12.3 Å². The summed E-state index contributed by atoms with van der Waals surface area (Å²) in [5.74, 6) is 0. The molecule has 0 saturated heterocycles. The van der Waals surface area contributed by atoms with Crippen molar-refractivity contribution in [3.63, 3.8) is 0 Å². The molecule has 1 N–H and O–H groups in total. The van der Waals surface area contributed by atoms with E-state index in [-0.39, 0.29) is 0 Å². The number of benzene rings is 2. The third-order valence-electron chi connectivity index (χ3n) is 2.73. The summed E-state index contributed by atoms with van der Waals surface area (Å²) >= 11 is 3.52. The fraction of sp³-hybridized carbons (Fsp3) is 0. The molecule has 1 aliphatic rings. The Hall–Kier alpha value is -1.54. The van der Waals surface area contributed by atoms with Crippen LogP contribution in [-0.4, -0.2) is 0 Å². The van der Waals surface area contributed by atoms with Crippen molar-refractivity contribution in [1.82, 2.24) is 0 Å². The molecule has 0 aromatic heterocycles. The van der Waals surface area contributed by atoms with Crippen molar-refractivity contribution in [2.24, 2.45) is 0 Å². The van der Waals surface area contributed by atoms with Gasteiger partial charge in [0.15, 0.2) is 0 Å². The number of halogens is 1. The molecule has 1 heterocycles. The third kappa shape index (κ3) is 1.55. The van der Waals surface area contributed by atoms with E-state index in [1.54, 1.807) is 0 Å². The van der Waals surface area contributed by atoms with Crippen molar-refractivity contribution in [1.29, 1.82) is 0 Å². The zero-order chi connectivity index (χ0) is 11.0. The average molecular weight is 272 g/mol. The summed E-state index contributed by atoms with van der Waals surface area (Å²) in [6.45, 7) is 0. The summed E-state index contributed by atoms with van der Waals surface area (Å²) in [5.41, 5.74) is 4.88. The third-order valence-corrected chi connectivity index (χ3v) is 3.23. The van der Waals surface area contributed by atoms with Gasteiger partial charge >= 0.3 is 0 Å². The standard InChI is InChI=1S/C14H10BrN/c15-11-6-5-10-7-8-16-14-4-2-1-3-12(14)13(10)9-11/h1-9,16H. The van der Waals surface area contributed by atoms with E-state index >= 15 is 0 Å². The van der Waals surface area contributed by atoms with Gasteiger partial charge in [-0.3, -0.25) is 0 Å². The summed E-state index contributed by atoms with van der Waals surface area (Å²) in [5, 5.41) is 3.30. The number of para-hydroxylation sites is 1. The van der Waals surface area contributed by atoms with Gasteiger partial charge in [0, 0.05) is 21.9 Å². The fourth-order valence-electron chi connectivity index (χ4n) is 1.97. The number of hydrogen-bond donors (Lipinski definition) is 1. The van der Waals surface area contributed by atoms with Crippen molar-refractivity contribution in [2.75, 3.05) is 5.32 Å². The highest BCUT2D eigenvalue weighted by Gasteiger charge is 2.10. The quantitative estimate of drug-likeness (QED) is 0.743. The Morgan fingerprint density at radius 1 is 0.938 bits per heavy atom. The highest BCUT2D eigenvalue weighted by molar-refractivity contribution is 9.10. The van der Waals surface area contributed by atoms with Gasteiger partial charge in [0.25, 0.3) is 0 Å². The molecule has 0 fully saturated rings. The van der Waals surface area contributed by atoms with Gasteiger partial charge in [0.05, 0.1) is 0 Å². The Balaban J connectivity index is 2.33. The number of nitrogens with one attached hydrogen (secondary N) is 1. The first-order chi connectivity index (χ1) is 7.84. The van der Waals surface area contributed by atoms with E-state index in [1.165, 1.54) is 16.7 Å². The molecule has 0 atom stereocenters. The SMILES string of the molecule is Brc1ccc2c(c1)-c1ccccc1NC=C2. The lowest BCUT2D eigenvalue weighted by Gasteiger charge is -2.09. The molecule has 78 valence electrons. The van der Waals surface area contributed by atoms with Crippen molar-refractivity contribution < 1.29 is 0 Å². The Bertz CT molecular complexity index is 573. The first-order valence-corrected chi connectivity index (χ1v) is 5.96. The van der Waals surface area contributed by atoms with Crippen molar-refractivity contribution in [3.8, 4) is 11.1 Å². The summed E-state index contributed by atoms with van der Waals surface area (Å²) in [6, 6.07) is 14.7. The summed E-state index contributed by atoms with van der Waals surface area (Å²) in [6.07, 6.45) is 4.08. The van der Waals surface area contributed by atoms with Crippen LogP contribution in [0.1, 0.15) is 5.56 Å². The number of rotatable bonds is 0. The van der Waals surface area contributed by atoms with Gasteiger partial charge < -0.3 is 5.32 Å². The maximum absolute atomic E-state index is 3.52. The van der Waals surface area contributed by atoms with Gasteiger partial charge in [0.2, 0.25) is 0 Å². The first-order valence-electron chi connectivity index (χ1n) is 5.17. The monoisotopic (exact) mass is 271 g/mol. The molecule has 2 aromatic rings. The predicted molar refractivity (Wildman–Crippen MR) is 72.2 cm³/mol. The van der Waals surface area contributed by atoms with Crippen LogP contribution in [0.25, 0.3) is 17.2 Å². The van der Waals surface area contributed by atoms with Crippen LogP contribution in [0.2, 0.25) is 0 Å². The number of anilines is 1. The molecule has 1 nitrogen and oxygen atoms in total. The summed E-state index contributed by atoms with van der Waals surface area (Å²) in [7, 11) is 0. The first kappa shape index (κ1) is 9.67. The van der Waals surface area contributed by atoms with Gasteiger partial charge in [0.1, 0.15) is 0 Å². The molecule has 0 spiro atoms. The molecule has 2 heteroatoms. The van der Waals surface area contributed by atoms with Gasteiger partial charge in [-0.2, -0.15) is 0 Å². The van der Waals surface area contributed by atoms with Gasteiger partial charge in [-0.1, -0.05) is 40.2 Å². The van der Waals surface area contributed by atoms with Crippen LogP contribution in [0.15, 0.2) is 53.1 Å². The second-order valence-corrected chi connectivity index (χ2v) is 4.67. The molecule has 0 unspecified atom stereocenters. The lowest BCUT2D eigenvalue weighted by atomic mass is 9.99. The molecule has 1 aliphatic heterocycles. The molecule has 0 bridgehead atoms. The number of hydrogen-bond acceptors (Lipinski definition) is 1. The molecule has 0 radical (unpaired) electrons. The van der Waals surface area contributed by atoms with Crippen LogP contribution in [0.5, 0.6) is 0 Å². The van der Waals surface area contributed by atoms with Crippen LogP contribution in [0, 0.1) is 0 Å². The number of fused-ring (bicyclic) bond motifs is 3. The Kier molecular flexibility index (Phi) is 2.29. The van der Waals surface area contributed by atoms with Crippen molar-refractivity contribution >= 4 is 27.7 Å². The Morgan fingerprint density at radius 3 is 2.75 bits per heavy atom. The van der Waals surface area contributed by atoms with Gasteiger partial charge in [-0.05, 0) is 35.4 Å². The van der Waals surface area contributed by atoms with Crippen LogP contribution in [-0.2, 0) is 0 Å². The molecular formula is C14H10BrN. The molecule has 3 rings (SSSR count). The molecule has 16 heavy (non-hydrogen) atoms. The van der Waals surface area contributed by atoms with Crippen molar-refractivity contribution in [2.45, 2.75) is 0 Å². The average Bonchev–Trinajstić information content (AvgIpc) is 2.48. The largest absolute Gasteiger partial charge is 0.361 e. The van der Waals surface area contributed by atoms with E-state index in [9.17, 15) is 0 Å². The minimum absolute atomic E-state index is 1.11. The Labute approximate surface area is 103 Å². The van der Waals surface area contributed by atoms with Crippen LogP contribution >= 0.6 is 15.9 Å². The second-order valence-electron chi connectivity index (χ2n) is 3.75. The van der Waals surface area contributed by atoms with Crippen molar-refractivity contribution in [3.05, 3.63) is 58.7 Å². The highest BCUT2D eigenvalue weighted by atomic mass is 79.9. The molecule has 0 saturated carbocycles. The van der Waals surface area contributed by atoms with E-state index in [2.05, 4.69) is 63.7 Å².